The predicted octanol–water partition coefficient (Wildman–Crippen LogP) is 2.76. The molecular formula is C12H13N3OS. The van der Waals surface area contributed by atoms with E-state index in [-0.39, 0.29) is 0 Å². The van der Waals surface area contributed by atoms with E-state index in [0.29, 0.717) is 5.17 Å². The fourth-order valence-electron chi connectivity index (χ4n) is 1.21. The number of amidine groups is 1. The maximum absolute atomic E-state index is 8.56. The number of aliphatic imine (C=N–C) groups is 1. The molecule has 5 heteroatoms. The lowest BCUT2D eigenvalue weighted by Crippen LogP contribution is -2.12. The summed E-state index contributed by atoms with van der Waals surface area (Å²) in [6, 6.07) is 5.48. The summed E-state index contributed by atoms with van der Waals surface area (Å²) in [5.41, 5.74) is 1.60. The fraction of sp³-hybridized carbons (Fsp3) is 0.167. The molecule has 1 rings (SSSR count). The Morgan fingerprint density at radius 1 is 1.65 bits per heavy atom. The number of benzene rings is 1. The van der Waals surface area contributed by atoms with E-state index in [9.17, 15) is 0 Å². The van der Waals surface area contributed by atoms with Crippen molar-refractivity contribution in [2.45, 2.75) is 0 Å². The minimum atomic E-state index is 0.542. The van der Waals surface area contributed by atoms with Gasteiger partial charge < -0.3 is 4.74 Å². The molecule has 0 saturated heterocycles. The molecule has 0 aromatic heterocycles. The van der Waals surface area contributed by atoms with Crippen LogP contribution in [0.5, 0.6) is 5.75 Å². The van der Waals surface area contributed by atoms with Crippen LogP contribution >= 0.6 is 11.8 Å². The lowest BCUT2D eigenvalue weighted by atomic mass is 10.1. The Bertz CT molecular complexity index is 477. The lowest BCUT2D eigenvalue weighted by Gasteiger charge is -2.06. The van der Waals surface area contributed by atoms with Gasteiger partial charge in [-0.25, -0.2) is 4.99 Å². The molecule has 0 radical (unpaired) electrons. The molecule has 1 N–H and O–H groups in total. The molecule has 0 spiro atoms. The van der Waals surface area contributed by atoms with Crippen molar-refractivity contribution in [1.82, 2.24) is 5.32 Å². The van der Waals surface area contributed by atoms with Gasteiger partial charge in [0, 0.05) is 5.56 Å². The summed E-state index contributed by atoms with van der Waals surface area (Å²) < 4.78 is 5.12. The first kappa shape index (κ1) is 13.1. The van der Waals surface area contributed by atoms with Gasteiger partial charge in [-0.2, -0.15) is 5.26 Å². The summed E-state index contributed by atoms with van der Waals surface area (Å²) in [5.74, 6) is 0.748. The number of ether oxygens (including phenoxy) is 1. The molecule has 0 aliphatic rings. The Morgan fingerprint density at radius 2 is 2.41 bits per heavy atom. The van der Waals surface area contributed by atoms with Gasteiger partial charge in [0.2, 0.25) is 0 Å². The highest BCUT2D eigenvalue weighted by Gasteiger charge is 2.02. The summed E-state index contributed by atoms with van der Waals surface area (Å²) in [5, 5.41) is 11.6. The van der Waals surface area contributed by atoms with Crippen molar-refractivity contribution < 1.29 is 4.74 Å². The van der Waals surface area contributed by atoms with Crippen molar-refractivity contribution in [3.63, 3.8) is 0 Å². The third kappa shape index (κ3) is 3.54. The second-order valence-electron chi connectivity index (χ2n) is 2.99. The van der Waals surface area contributed by atoms with Gasteiger partial charge in [0.15, 0.2) is 11.4 Å². The molecule has 0 saturated carbocycles. The summed E-state index contributed by atoms with van der Waals surface area (Å²) in [6.45, 7) is 3.73. The zero-order chi connectivity index (χ0) is 12.7. The SMILES string of the molecule is C=Cc1cc(OC)ccc1N=C(NC#N)SC. The topological polar surface area (TPSA) is 57.4 Å². The number of methoxy groups -OCH3 is 1. The molecule has 17 heavy (non-hydrogen) atoms. The molecular weight excluding hydrogens is 234 g/mol. The van der Waals surface area contributed by atoms with Crippen molar-refractivity contribution >= 4 is 28.7 Å². The molecule has 0 heterocycles. The number of nitrogens with one attached hydrogen (secondary N) is 1. The van der Waals surface area contributed by atoms with E-state index in [4.69, 9.17) is 10.00 Å². The van der Waals surface area contributed by atoms with Gasteiger partial charge in [0.25, 0.3) is 0 Å². The predicted molar refractivity (Wildman–Crippen MR) is 72.4 cm³/mol. The van der Waals surface area contributed by atoms with Crippen LogP contribution in [0, 0.1) is 11.5 Å². The molecule has 0 aliphatic carbocycles. The maximum atomic E-state index is 8.56. The van der Waals surface area contributed by atoms with Gasteiger partial charge in [-0.1, -0.05) is 24.4 Å². The number of hydrogen-bond acceptors (Lipinski definition) is 4. The molecule has 88 valence electrons. The first-order valence-corrected chi connectivity index (χ1v) is 6.06. The number of hydrogen-bond donors (Lipinski definition) is 1. The average molecular weight is 247 g/mol. The van der Waals surface area contributed by atoms with Crippen LogP contribution in [0.4, 0.5) is 5.69 Å². The molecule has 1 aromatic rings. The van der Waals surface area contributed by atoms with E-state index >= 15 is 0 Å². The molecule has 0 bridgehead atoms. The minimum absolute atomic E-state index is 0.542. The van der Waals surface area contributed by atoms with Gasteiger partial charge in [-0.15, -0.1) is 0 Å². The third-order valence-corrected chi connectivity index (χ3v) is 2.61. The van der Waals surface area contributed by atoms with Crippen molar-refractivity contribution in [3.8, 4) is 11.9 Å². The number of thioether (sulfide) groups is 1. The molecule has 1 aromatic carbocycles. The standard InChI is InChI=1S/C12H13N3OS/c1-4-9-7-10(16-2)5-6-11(9)15-12(17-3)14-8-13/h4-7H,1H2,2-3H3,(H,14,15). The largest absolute Gasteiger partial charge is 0.497 e. The van der Waals surface area contributed by atoms with E-state index in [1.807, 2.05) is 30.6 Å². The molecule has 0 atom stereocenters. The van der Waals surface area contributed by atoms with Crippen LogP contribution in [0.25, 0.3) is 6.08 Å². The second-order valence-corrected chi connectivity index (χ2v) is 3.78. The molecule has 0 aliphatic heterocycles. The van der Waals surface area contributed by atoms with E-state index in [2.05, 4.69) is 16.9 Å². The number of nitrogens with zero attached hydrogens (tertiary/aromatic N) is 2. The quantitative estimate of drug-likeness (QED) is 0.386. The number of rotatable bonds is 3. The van der Waals surface area contributed by atoms with Crippen LogP contribution in [0.2, 0.25) is 0 Å². The van der Waals surface area contributed by atoms with Crippen molar-refractivity contribution in [2.75, 3.05) is 13.4 Å². The van der Waals surface area contributed by atoms with E-state index in [0.717, 1.165) is 17.0 Å². The molecule has 0 unspecified atom stereocenters. The smallest absolute Gasteiger partial charge is 0.183 e. The highest BCUT2D eigenvalue weighted by molar-refractivity contribution is 8.13. The summed E-state index contributed by atoms with van der Waals surface area (Å²) in [6.07, 6.45) is 5.39. The number of nitriles is 1. The zero-order valence-electron chi connectivity index (χ0n) is 9.73. The zero-order valence-corrected chi connectivity index (χ0v) is 10.5. The van der Waals surface area contributed by atoms with E-state index in [1.54, 1.807) is 13.2 Å². The second kappa shape index (κ2) is 6.61. The van der Waals surface area contributed by atoms with Crippen LogP contribution in [0.1, 0.15) is 5.56 Å². The Labute approximate surface area is 105 Å². The molecule has 0 fully saturated rings. The summed E-state index contributed by atoms with van der Waals surface area (Å²) in [7, 11) is 1.61. The van der Waals surface area contributed by atoms with Gasteiger partial charge in [0.1, 0.15) is 5.75 Å². The molecule has 0 amide bonds. The third-order valence-electron chi connectivity index (χ3n) is 2.03. The Hall–Kier alpha value is -1.93. The summed E-state index contributed by atoms with van der Waals surface area (Å²) >= 11 is 1.37. The van der Waals surface area contributed by atoms with Gasteiger partial charge >= 0.3 is 0 Å². The van der Waals surface area contributed by atoms with Crippen LogP contribution < -0.4 is 10.1 Å². The van der Waals surface area contributed by atoms with E-state index < -0.39 is 0 Å². The highest BCUT2D eigenvalue weighted by atomic mass is 32.2. The van der Waals surface area contributed by atoms with Crippen molar-refractivity contribution in [2.24, 2.45) is 4.99 Å². The van der Waals surface area contributed by atoms with Crippen LogP contribution in [-0.4, -0.2) is 18.5 Å². The maximum Gasteiger partial charge on any atom is 0.183 e. The van der Waals surface area contributed by atoms with Crippen LogP contribution in [0.3, 0.4) is 0 Å². The minimum Gasteiger partial charge on any atom is -0.497 e. The Balaban J connectivity index is 3.13. The molecule has 4 nitrogen and oxygen atoms in total. The Kier molecular flexibility index (Phi) is 5.11. The van der Waals surface area contributed by atoms with Gasteiger partial charge in [0.05, 0.1) is 12.8 Å². The fourth-order valence-corrected chi connectivity index (χ4v) is 1.54. The van der Waals surface area contributed by atoms with Crippen LogP contribution in [0.15, 0.2) is 29.8 Å². The van der Waals surface area contributed by atoms with Gasteiger partial charge in [-0.3, -0.25) is 5.32 Å². The monoisotopic (exact) mass is 247 g/mol. The summed E-state index contributed by atoms with van der Waals surface area (Å²) in [4.78, 5) is 4.33. The van der Waals surface area contributed by atoms with Crippen molar-refractivity contribution in [3.05, 3.63) is 30.3 Å². The first-order chi connectivity index (χ1) is 8.24. The normalized spacial score (nSPS) is 10.5. The highest BCUT2D eigenvalue weighted by Crippen LogP contribution is 2.26. The van der Waals surface area contributed by atoms with Crippen molar-refractivity contribution in [1.29, 1.82) is 5.26 Å². The average Bonchev–Trinajstić information content (AvgIpc) is 2.38. The lowest BCUT2D eigenvalue weighted by molar-refractivity contribution is 0.415. The van der Waals surface area contributed by atoms with E-state index in [1.165, 1.54) is 11.8 Å². The Morgan fingerprint density at radius 3 is 2.94 bits per heavy atom. The van der Waals surface area contributed by atoms with Gasteiger partial charge in [-0.05, 0) is 24.5 Å². The first-order valence-electron chi connectivity index (χ1n) is 4.83. The van der Waals surface area contributed by atoms with Crippen LogP contribution in [-0.2, 0) is 0 Å².